The molecule has 0 aromatic heterocycles. The summed E-state index contributed by atoms with van der Waals surface area (Å²) in [6.07, 6.45) is 0. The number of ether oxygens (including phenoxy) is 1. The number of carbonyl (C=O) groups is 1. The van der Waals surface area contributed by atoms with Crippen LogP contribution in [0.3, 0.4) is 0 Å². The van der Waals surface area contributed by atoms with Gasteiger partial charge in [0.2, 0.25) is 0 Å². The summed E-state index contributed by atoms with van der Waals surface area (Å²) in [5.41, 5.74) is 0. The first kappa shape index (κ1) is 11.2. The van der Waals surface area contributed by atoms with Crippen LogP contribution < -0.4 is 0 Å². The molecule has 0 radical (unpaired) electrons. The van der Waals surface area contributed by atoms with Crippen LogP contribution in [0.5, 0.6) is 0 Å². The molecule has 0 aliphatic rings. The maximum atomic E-state index is 12.3. The minimum Gasteiger partial charge on any atom is -0.461 e. The Morgan fingerprint density at radius 3 is 2.00 bits per heavy atom. The van der Waals surface area contributed by atoms with E-state index in [0.717, 1.165) is 0 Å². The Hall–Kier alpha value is -0.810. The molecule has 2 nitrogen and oxygen atoms in total. The van der Waals surface area contributed by atoms with Gasteiger partial charge in [0, 0.05) is 6.92 Å². The van der Waals surface area contributed by atoms with Gasteiger partial charge in [-0.15, -0.1) is 0 Å². The van der Waals surface area contributed by atoms with Crippen LogP contribution in [-0.4, -0.2) is 24.4 Å². The molecule has 0 aromatic rings. The molecule has 6 heteroatoms. The third-order valence-electron chi connectivity index (χ3n) is 1.08. The van der Waals surface area contributed by atoms with Gasteiger partial charge in [0.15, 0.2) is 0 Å². The maximum absolute atomic E-state index is 12.3. The van der Waals surface area contributed by atoms with Gasteiger partial charge in [-0.25, -0.2) is 4.79 Å². The van der Waals surface area contributed by atoms with Crippen LogP contribution in [-0.2, 0) is 9.53 Å². The van der Waals surface area contributed by atoms with Gasteiger partial charge in [-0.3, -0.25) is 0 Å². The van der Waals surface area contributed by atoms with Crippen molar-refractivity contribution in [1.82, 2.24) is 0 Å². The molecule has 0 aliphatic heterocycles. The molecule has 0 bridgehead atoms. The van der Waals surface area contributed by atoms with Crippen molar-refractivity contribution in [1.29, 1.82) is 0 Å². The molecule has 0 unspecified atom stereocenters. The Labute approximate surface area is 66.5 Å². The highest BCUT2D eigenvalue weighted by Crippen LogP contribution is 2.34. The maximum Gasteiger partial charge on any atom is 0.404 e. The van der Waals surface area contributed by atoms with E-state index >= 15 is 0 Å². The van der Waals surface area contributed by atoms with E-state index in [1.54, 1.807) is 0 Å². The smallest absolute Gasteiger partial charge is 0.404 e. The molecular weight excluding hydrogens is 180 g/mol. The Morgan fingerprint density at radius 2 is 1.75 bits per heavy atom. The molecule has 0 atom stereocenters. The Balaban J connectivity index is 4.50. The number of halogens is 4. The van der Waals surface area contributed by atoms with Crippen molar-refractivity contribution in [3.8, 4) is 0 Å². The van der Waals surface area contributed by atoms with Crippen molar-refractivity contribution in [2.75, 3.05) is 6.61 Å². The fourth-order valence-corrected chi connectivity index (χ4v) is 0.401. The number of hydrogen-bond acceptors (Lipinski definition) is 2. The molecular formula is C6H8F4O2. The van der Waals surface area contributed by atoms with Crippen molar-refractivity contribution in [3.05, 3.63) is 0 Å². The first-order valence-corrected chi connectivity index (χ1v) is 3.16. The Kier molecular flexibility index (Phi) is 3.06. The summed E-state index contributed by atoms with van der Waals surface area (Å²) in [7, 11) is 0. The lowest BCUT2D eigenvalue weighted by atomic mass is 10.2. The van der Waals surface area contributed by atoms with Gasteiger partial charge >= 0.3 is 17.8 Å². The van der Waals surface area contributed by atoms with Crippen LogP contribution in [0.4, 0.5) is 17.6 Å². The predicted molar refractivity (Wildman–Crippen MR) is 32.2 cm³/mol. The zero-order valence-electron chi connectivity index (χ0n) is 6.54. The van der Waals surface area contributed by atoms with E-state index < -0.39 is 17.8 Å². The second-order valence-electron chi connectivity index (χ2n) is 2.18. The summed E-state index contributed by atoms with van der Waals surface area (Å²) in [6, 6.07) is 0. The van der Waals surface area contributed by atoms with Crippen molar-refractivity contribution < 1.29 is 27.1 Å². The normalized spacial score (nSPS) is 12.8. The molecule has 0 saturated heterocycles. The van der Waals surface area contributed by atoms with Crippen molar-refractivity contribution in [2.45, 2.75) is 25.7 Å². The largest absolute Gasteiger partial charge is 0.461 e. The van der Waals surface area contributed by atoms with E-state index in [-0.39, 0.29) is 13.5 Å². The highest BCUT2D eigenvalue weighted by molar-refractivity contribution is 5.78. The zero-order valence-corrected chi connectivity index (χ0v) is 6.54. The predicted octanol–water partition coefficient (Wildman–Crippen LogP) is 1.84. The molecule has 72 valence electrons. The molecule has 0 N–H and O–H groups in total. The lowest BCUT2D eigenvalue weighted by molar-refractivity contribution is -0.221. The van der Waals surface area contributed by atoms with E-state index in [0.29, 0.717) is 0 Å². The molecule has 0 spiro atoms. The van der Waals surface area contributed by atoms with Crippen molar-refractivity contribution in [2.24, 2.45) is 0 Å². The van der Waals surface area contributed by atoms with E-state index in [1.807, 2.05) is 0 Å². The summed E-state index contributed by atoms with van der Waals surface area (Å²) in [6.45, 7) is 0.857. The summed E-state index contributed by atoms with van der Waals surface area (Å²) in [4.78, 5) is 10.3. The van der Waals surface area contributed by atoms with E-state index in [9.17, 15) is 22.4 Å². The topological polar surface area (TPSA) is 26.3 Å². The monoisotopic (exact) mass is 188 g/mol. The average molecular weight is 188 g/mol. The van der Waals surface area contributed by atoms with Gasteiger partial charge in [-0.2, -0.15) is 17.6 Å². The quantitative estimate of drug-likeness (QED) is 0.499. The number of hydrogen-bond donors (Lipinski definition) is 0. The number of alkyl halides is 4. The molecule has 0 amide bonds. The Morgan fingerprint density at radius 1 is 1.33 bits per heavy atom. The molecule has 12 heavy (non-hydrogen) atoms. The number of rotatable bonds is 3. The van der Waals surface area contributed by atoms with Crippen LogP contribution in [0.25, 0.3) is 0 Å². The van der Waals surface area contributed by atoms with Gasteiger partial charge in [-0.1, -0.05) is 0 Å². The number of carbonyl (C=O) groups excluding carboxylic acids is 1. The third-order valence-corrected chi connectivity index (χ3v) is 1.08. The standard InChI is InChI=1S/C6H8F4O2/c1-3-12-4(11)6(9,10)5(2,7)8/h3H2,1-2H3. The van der Waals surface area contributed by atoms with Gasteiger partial charge in [0.25, 0.3) is 0 Å². The zero-order chi connectivity index (χ0) is 9.99. The first-order chi connectivity index (χ1) is 5.23. The van der Waals surface area contributed by atoms with Crippen molar-refractivity contribution >= 4 is 5.97 Å². The van der Waals surface area contributed by atoms with Crippen LogP contribution in [0.15, 0.2) is 0 Å². The average Bonchev–Trinajstić information content (AvgIpc) is 1.85. The SMILES string of the molecule is CCOC(=O)C(F)(F)C(C)(F)F. The summed E-state index contributed by atoms with van der Waals surface area (Å²) in [5.74, 6) is -11.3. The second-order valence-corrected chi connectivity index (χ2v) is 2.18. The molecule has 0 aromatic carbocycles. The molecule has 0 saturated carbocycles. The van der Waals surface area contributed by atoms with Gasteiger partial charge < -0.3 is 4.74 Å². The summed E-state index contributed by atoms with van der Waals surface area (Å²) < 4.78 is 52.4. The van der Waals surface area contributed by atoms with Crippen LogP contribution >= 0.6 is 0 Å². The molecule has 0 heterocycles. The van der Waals surface area contributed by atoms with E-state index in [1.165, 1.54) is 6.92 Å². The molecule has 0 aliphatic carbocycles. The number of esters is 1. The highest BCUT2D eigenvalue weighted by Gasteiger charge is 2.59. The summed E-state index contributed by atoms with van der Waals surface area (Å²) >= 11 is 0. The molecule has 0 rings (SSSR count). The fourth-order valence-electron chi connectivity index (χ4n) is 0.401. The van der Waals surface area contributed by atoms with Crippen molar-refractivity contribution in [3.63, 3.8) is 0 Å². The van der Waals surface area contributed by atoms with Gasteiger partial charge in [-0.05, 0) is 6.92 Å². The van der Waals surface area contributed by atoms with Gasteiger partial charge in [0.1, 0.15) is 0 Å². The second kappa shape index (κ2) is 3.28. The third kappa shape index (κ3) is 2.09. The fraction of sp³-hybridized carbons (Fsp3) is 0.833. The van der Waals surface area contributed by atoms with Crippen LogP contribution in [0.1, 0.15) is 13.8 Å². The van der Waals surface area contributed by atoms with E-state index in [4.69, 9.17) is 0 Å². The lowest BCUT2D eigenvalue weighted by Gasteiger charge is -2.20. The minimum absolute atomic E-state index is 0.0378. The lowest BCUT2D eigenvalue weighted by Crippen LogP contribution is -2.46. The first-order valence-electron chi connectivity index (χ1n) is 3.16. The van der Waals surface area contributed by atoms with Crippen LogP contribution in [0.2, 0.25) is 0 Å². The summed E-state index contributed by atoms with van der Waals surface area (Å²) in [5, 5.41) is 0. The molecule has 0 fully saturated rings. The van der Waals surface area contributed by atoms with E-state index in [2.05, 4.69) is 4.74 Å². The van der Waals surface area contributed by atoms with Gasteiger partial charge in [0.05, 0.1) is 6.61 Å². The minimum atomic E-state index is -4.75. The van der Waals surface area contributed by atoms with Crippen LogP contribution in [0, 0.1) is 0 Å². The Bertz CT molecular complexity index is 173. The highest BCUT2D eigenvalue weighted by atomic mass is 19.3.